The third-order valence-electron chi connectivity index (χ3n) is 5.98. The first-order valence-corrected chi connectivity index (χ1v) is 10.4. The fraction of sp³-hybridized carbons (Fsp3) is 0.348. The van der Waals surface area contributed by atoms with Gasteiger partial charge in [-0.3, -0.25) is 9.20 Å². The Morgan fingerprint density at radius 3 is 2.47 bits per heavy atom. The molecular weight excluding hydrogens is 419 g/mol. The summed E-state index contributed by atoms with van der Waals surface area (Å²) >= 11 is 0. The molecule has 9 heteroatoms. The lowest BCUT2D eigenvalue weighted by Gasteiger charge is -2.36. The molecule has 1 aliphatic carbocycles. The van der Waals surface area contributed by atoms with Crippen molar-refractivity contribution in [2.24, 2.45) is 0 Å². The lowest BCUT2D eigenvalue weighted by atomic mass is 9.90. The minimum Gasteiger partial charge on any atom is -0.358 e. The van der Waals surface area contributed by atoms with Crippen LogP contribution in [0.1, 0.15) is 47.3 Å². The Kier molecular flexibility index (Phi) is 5.78. The van der Waals surface area contributed by atoms with Crippen LogP contribution in [-0.2, 0) is 6.18 Å². The molecule has 166 valence electrons. The second-order valence-corrected chi connectivity index (χ2v) is 8.02. The number of alkyl halides is 3. The maximum absolute atomic E-state index is 13.1. The van der Waals surface area contributed by atoms with Crippen LogP contribution in [0, 0.1) is 11.3 Å². The zero-order valence-corrected chi connectivity index (χ0v) is 17.4. The molecule has 1 aliphatic rings. The molecule has 0 spiro atoms. The average molecular weight is 441 g/mol. The lowest BCUT2D eigenvalue weighted by molar-refractivity contribution is -0.140. The number of imidazole rings is 1. The van der Waals surface area contributed by atoms with Crippen LogP contribution in [0.2, 0.25) is 0 Å². The van der Waals surface area contributed by atoms with Crippen LogP contribution in [-0.4, -0.2) is 34.4 Å². The number of carbonyl (C=O) groups is 1. The Morgan fingerprint density at radius 1 is 1.16 bits per heavy atom. The standard InChI is InChI=1S/C23H22F3N5O/c1-30(21-4-2-3-20-29-19(14-31(20)21)23(24,25)26)18-11-9-17(10-12-18)28-22(32)16-7-5-15(13-27)6-8-16/h2-8,14,17-18H,9-12H2,1H3,(H,28,32)/t17-,18+. The van der Waals surface area contributed by atoms with Crippen molar-refractivity contribution in [1.82, 2.24) is 14.7 Å². The zero-order chi connectivity index (χ0) is 22.9. The van der Waals surface area contributed by atoms with E-state index in [0.29, 0.717) is 16.9 Å². The number of nitrogens with one attached hydrogen (secondary N) is 1. The van der Waals surface area contributed by atoms with Gasteiger partial charge in [-0.2, -0.15) is 18.4 Å². The van der Waals surface area contributed by atoms with Crippen molar-refractivity contribution in [2.75, 3.05) is 11.9 Å². The van der Waals surface area contributed by atoms with E-state index in [-0.39, 0.29) is 23.6 Å². The summed E-state index contributed by atoms with van der Waals surface area (Å²) in [6.07, 6.45) is -0.328. The number of carbonyl (C=O) groups excluding carboxylic acids is 1. The van der Waals surface area contributed by atoms with Gasteiger partial charge in [-0.25, -0.2) is 4.98 Å². The molecule has 0 radical (unpaired) electrons. The van der Waals surface area contributed by atoms with Gasteiger partial charge in [0.05, 0.1) is 11.6 Å². The Balaban J connectivity index is 1.40. The molecule has 1 saturated carbocycles. The number of anilines is 1. The van der Waals surface area contributed by atoms with Gasteiger partial charge in [-0.1, -0.05) is 6.07 Å². The third kappa shape index (κ3) is 4.40. The molecule has 1 amide bonds. The second-order valence-electron chi connectivity index (χ2n) is 8.02. The fourth-order valence-corrected chi connectivity index (χ4v) is 4.18. The average Bonchev–Trinajstić information content (AvgIpc) is 3.24. The van der Waals surface area contributed by atoms with Crippen LogP contribution in [0.3, 0.4) is 0 Å². The molecule has 4 rings (SSSR count). The summed E-state index contributed by atoms with van der Waals surface area (Å²) in [7, 11) is 1.88. The van der Waals surface area contributed by atoms with E-state index in [1.165, 1.54) is 4.40 Å². The highest BCUT2D eigenvalue weighted by atomic mass is 19.4. The van der Waals surface area contributed by atoms with Crippen LogP contribution < -0.4 is 10.2 Å². The van der Waals surface area contributed by atoms with E-state index in [1.54, 1.807) is 42.5 Å². The number of fused-ring (bicyclic) bond motifs is 1. The van der Waals surface area contributed by atoms with Gasteiger partial charge in [-0.15, -0.1) is 0 Å². The number of rotatable bonds is 4. The minimum atomic E-state index is -4.49. The summed E-state index contributed by atoms with van der Waals surface area (Å²) in [5.74, 6) is 0.477. The van der Waals surface area contributed by atoms with Gasteiger partial charge < -0.3 is 10.2 Å². The molecule has 3 aromatic rings. The number of nitrogens with zero attached hydrogens (tertiary/aromatic N) is 4. The summed E-state index contributed by atoms with van der Waals surface area (Å²) < 4.78 is 40.7. The molecule has 6 nitrogen and oxygen atoms in total. The Hall–Kier alpha value is -3.54. The number of hydrogen-bond donors (Lipinski definition) is 1. The molecular formula is C23H22F3N5O. The van der Waals surface area contributed by atoms with Gasteiger partial charge in [0.25, 0.3) is 5.91 Å². The Bertz CT molecular complexity index is 1160. The van der Waals surface area contributed by atoms with Crippen LogP contribution in [0.5, 0.6) is 0 Å². The smallest absolute Gasteiger partial charge is 0.358 e. The first-order chi connectivity index (χ1) is 15.3. The number of hydrogen-bond acceptors (Lipinski definition) is 4. The molecule has 0 atom stereocenters. The summed E-state index contributed by atoms with van der Waals surface area (Å²) in [5.41, 5.74) is 0.355. The molecule has 0 aliphatic heterocycles. The van der Waals surface area contributed by atoms with Gasteiger partial charge in [-0.05, 0) is 62.1 Å². The van der Waals surface area contributed by atoms with Crippen LogP contribution >= 0.6 is 0 Å². The van der Waals surface area contributed by atoms with Gasteiger partial charge in [0.2, 0.25) is 0 Å². The number of benzene rings is 1. The van der Waals surface area contributed by atoms with Crippen molar-refractivity contribution in [2.45, 2.75) is 43.9 Å². The maximum atomic E-state index is 13.1. The van der Waals surface area contributed by atoms with Crippen LogP contribution in [0.25, 0.3) is 5.65 Å². The molecule has 1 N–H and O–H groups in total. The third-order valence-corrected chi connectivity index (χ3v) is 5.98. The summed E-state index contributed by atoms with van der Waals surface area (Å²) in [5, 5.41) is 11.9. The van der Waals surface area contributed by atoms with Crippen molar-refractivity contribution in [3.63, 3.8) is 0 Å². The van der Waals surface area contributed by atoms with Gasteiger partial charge in [0.15, 0.2) is 5.69 Å². The molecule has 2 aromatic heterocycles. The number of pyridine rings is 1. The largest absolute Gasteiger partial charge is 0.434 e. The first-order valence-electron chi connectivity index (χ1n) is 10.4. The van der Waals surface area contributed by atoms with E-state index in [2.05, 4.69) is 10.3 Å². The maximum Gasteiger partial charge on any atom is 0.434 e. The van der Waals surface area contributed by atoms with Crippen molar-refractivity contribution >= 4 is 17.4 Å². The van der Waals surface area contributed by atoms with E-state index in [9.17, 15) is 18.0 Å². The second kappa shape index (κ2) is 8.54. The van der Waals surface area contributed by atoms with Crippen molar-refractivity contribution in [3.8, 4) is 6.07 Å². The summed E-state index contributed by atoms with van der Waals surface area (Å²) in [6, 6.07) is 13.7. The number of halogens is 3. The van der Waals surface area contributed by atoms with Crippen molar-refractivity contribution in [1.29, 1.82) is 5.26 Å². The molecule has 0 unspecified atom stereocenters. The van der Waals surface area contributed by atoms with Crippen molar-refractivity contribution < 1.29 is 18.0 Å². The lowest BCUT2D eigenvalue weighted by Crippen LogP contribution is -2.43. The predicted molar refractivity (Wildman–Crippen MR) is 113 cm³/mol. The molecule has 32 heavy (non-hydrogen) atoms. The minimum absolute atomic E-state index is 0.0312. The summed E-state index contributed by atoms with van der Waals surface area (Å²) in [4.78, 5) is 18.2. The van der Waals surface area contributed by atoms with Gasteiger partial charge >= 0.3 is 6.18 Å². The number of nitriles is 1. The van der Waals surface area contributed by atoms with Crippen molar-refractivity contribution in [3.05, 3.63) is 65.5 Å². The van der Waals surface area contributed by atoms with Gasteiger partial charge in [0, 0.05) is 30.9 Å². The van der Waals surface area contributed by atoms with E-state index in [4.69, 9.17) is 5.26 Å². The zero-order valence-electron chi connectivity index (χ0n) is 17.4. The monoisotopic (exact) mass is 441 g/mol. The SMILES string of the molecule is CN(c1cccc2nc(C(F)(F)F)cn12)[C@H]1CC[C@@H](NC(=O)c2ccc(C#N)cc2)CC1. The Labute approximate surface area is 183 Å². The predicted octanol–water partition coefficient (Wildman–Crippen LogP) is 4.40. The molecule has 0 bridgehead atoms. The van der Waals surface area contributed by atoms with Crippen LogP contribution in [0.4, 0.5) is 19.0 Å². The van der Waals surface area contributed by atoms with Gasteiger partial charge in [0.1, 0.15) is 11.5 Å². The highest BCUT2D eigenvalue weighted by Crippen LogP contribution is 2.31. The normalized spacial score (nSPS) is 18.8. The van der Waals surface area contributed by atoms with Crippen LogP contribution in [0.15, 0.2) is 48.7 Å². The highest BCUT2D eigenvalue weighted by Gasteiger charge is 2.34. The quantitative estimate of drug-likeness (QED) is 0.651. The molecule has 0 saturated heterocycles. The molecule has 1 fully saturated rings. The first kappa shape index (κ1) is 21.7. The number of aromatic nitrogens is 2. The number of amides is 1. The summed E-state index contributed by atoms with van der Waals surface area (Å²) in [6.45, 7) is 0. The van der Waals surface area contributed by atoms with E-state index in [1.807, 2.05) is 18.0 Å². The molecule has 2 heterocycles. The fourth-order valence-electron chi connectivity index (χ4n) is 4.18. The van der Waals surface area contributed by atoms with E-state index >= 15 is 0 Å². The Morgan fingerprint density at radius 2 is 1.84 bits per heavy atom. The molecule has 1 aromatic carbocycles. The topological polar surface area (TPSA) is 73.4 Å². The van der Waals surface area contributed by atoms with E-state index < -0.39 is 11.9 Å². The highest BCUT2D eigenvalue weighted by molar-refractivity contribution is 5.94. The van der Waals surface area contributed by atoms with E-state index in [0.717, 1.165) is 31.9 Å².